The summed E-state index contributed by atoms with van der Waals surface area (Å²) < 4.78 is 0.137. The molecule has 0 atom stereocenters. The van der Waals surface area contributed by atoms with E-state index in [0.29, 0.717) is 5.69 Å². The third kappa shape index (κ3) is 2.31. The summed E-state index contributed by atoms with van der Waals surface area (Å²) in [5.41, 5.74) is 0.401. The van der Waals surface area contributed by atoms with Crippen molar-refractivity contribution in [1.82, 2.24) is 20.3 Å². The maximum Gasteiger partial charge on any atom is 0.276 e. The SMILES string of the molecule is CC1(C)CN(C(=O)c2cn[nH]n2)CCS1. The molecule has 82 valence electrons. The van der Waals surface area contributed by atoms with E-state index in [9.17, 15) is 4.79 Å². The van der Waals surface area contributed by atoms with Gasteiger partial charge in [-0.15, -0.1) is 0 Å². The van der Waals surface area contributed by atoms with Crippen molar-refractivity contribution in [2.24, 2.45) is 0 Å². The van der Waals surface area contributed by atoms with Crippen LogP contribution in [-0.2, 0) is 0 Å². The van der Waals surface area contributed by atoms with Crippen LogP contribution >= 0.6 is 11.8 Å². The summed E-state index contributed by atoms with van der Waals surface area (Å²) in [5.74, 6) is 0.952. The van der Waals surface area contributed by atoms with E-state index < -0.39 is 0 Å². The molecule has 1 saturated heterocycles. The van der Waals surface area contributed by atoms with Crippen LogP contribution in [0.15, 0.2) is 6.20 Å². The van der Waals surface area contributed by atoms with Crippen molar-refractivity contribution >= 4 is 17.7 Å². The minimum atomic E-state index is -0.0304. The monoisotopic (exact) mass is 226 g/mol. The van der Waals surface area contributed by atoms with Gasteiger partial charge in [0.15, 0.2) is 5.69 Å². The van der Waals surface area contributed by atoms with Crippen molar-refractivity contribution in [1.29, 1.82) is 0 Å². The molecule has 0 bridgehead atoms. The molecule has 1 N–H and O–H groups in total. The smallest absolute Gasteiger partial charge is 0.276 e. The molecule has 6 heteroatoms. The Morgan fingerprint density at radius 3 is 3.07 bits per heavy atom. The highest BCUT2D eigenvalue weighted by molar-refractivity contribution is 8.00. The second kappa shape index (κ2) is 3.84. The molecule has 2 rings (SSSR count). The van der Waals surface area contributed by atoms with Crippen LogP contribution in [0.1, 0.15) is 24.3 Å². The molecule has 1 aromatic rings. The molecule has 0 saturated carbocycles. The van der Waals surface area contributed by atoms with Crippen LogP contribution < -0.4 is 0 Å². The topological polar surface area (TPSA) is 61.9 Å². The number of nitrogens with one attached hydrogen (secondary N) is 1. The van der Waals surface area contributed by atoms with Crippen molar-refractivity contribution in [2.75, 3.05) is 18.8 Å². The summed E-state index contributed by atoms with van der Waals surface area (Å²) in [6, 6.07) is 0. The summed E-state index contributed by atoms with van der Waals surface area (Å²) >= 11 is 1.90. The maximum atomic E-state index is 11.9. The Bertz CT molecular complexity index is 349. The highest BCUT2D eigenvalue weighted by Crippen LogP contribution is 2.29. The molecule has 5 nitrogen and oxygen atoms in total. The number of hydrogen-bond donors (Lipinski definition) is 1. The van der Waals surface area contributed by atoms with Crippen molar-refractivity contribution in [3.63, 3.8) is 0 Å². The van der Waals surface area contributed by atoms with Crippen LogP contribution in [0.4, 0.5) is 0 Å². The fourth-order valence-corrected chi connectivity index (χ4v) is 2.77. The number of aromatic nitrogens is 3. The third-order valence-electron chi connectivity index (χ3n) is 2.35. The largest absolute Gasteiger partial charge is 0.335 e. The van der Waals surface area contributed by atoms with Gasteiger partial charge in [-0.2, -0.15) is 27.2 Å². The Balaban J connectivity index is 2.08. The van der Waals surface area contributed by atoms with Crippen LogP contribution in [0.3, 0.4) is 0 Å². The van der Waals surface area contributed by atoms with Gasteiger partial charge in [-0.3, -0.25) is 4.79 Å². The molecule has 1 aliphatic rings. The van der Waals surface area contributed by atoms with Gasteiger partial charge in [-0.05, 0) is 13.8 Å². The lowest BCUT2D eigenvalue weighted by atomic mass is 10.2. The zero-order valence-electron chi connectivity index (χ0n) is 8.86. The lowest BCUT2D eigenvalue weighted by molar-refractivity contribution is 0.0742. The second-order valence-corrected chi connectivity index (χ2v) is 5.99. The van der Waals surface area contributed by atoms with Gasteiger partial charge in [0, 0.05) is 23.6 Å². The third-order valence-corrected chi connectivity index (χ3v) is 3.64. The molecule has 2 heterocycles. The highest BCUT2D eigenvalue weighted by Gasteiger charge is 2.30. The van der Waals surface area contributed by atoms with E-state index in [1.807, 2.05) is 16.7 Å². The summed E-state index contributed by atoms with van der Waals surface area (Å²) in [4.78, 5) is 13.8. The van der Waals surface area contributed by atoms with Crippen LogP contribution in [0.2, 0.25) is 0 Å². The number of H-pyrrole nitrogens is 1. The van der Waals surface area contributed by atoms with Gasteiger partial charge in [0.25, 0.3) is 5.91 Å². The van der Waals surface area contributed by atoms with Gasteiger partial charge in [-0.25, -0.2) is 0 Å². The molecule has 1 fully saturated rings. The van der Waals surface area contributed by atoms with Crippen molar-refractivity contribution in [3.8, 4) is 0 Å². The zero-order valence-corrected chi connectivity index (χ0v) is 9.67. The number of carbonyl (C=O) groups excluding carboxylic acids is 1. The van der Waals surface area contributed by atoms with Crippen LogP contribution in [0.5, 0.6) is 0 Å². The zero-order chi connectivity index (χ0) is 10.9. The van der Waals surface area contributed by atoms with Gasteiger partial charge >= 0.3 is 0 Å². The summed E-state index contributed by atoms with van der Waals surface area (Å²) in [7, 11) is 0. The molecule has 15 heavy (non-hydrogen) atoms. The van der Waals surface area contributed by atoms with E-state index in [-0.39, 0.29) is 10.7 Å². The van der Waals surface area contributed by atoms with E-state index in [0.717, 1.165) is 18.8 Å². The van der Waals surface area contributed by atoms with E-state index in [1.165, 1.54) is 6.20 Å². The number of nitrogens with zero attached hydrogens (tertiary/aromatic N) is 3. The van der Waals surface area contributed by atoms with Gasteiger partial charge in [-0.1, -0.05) is 0 Å². The molecule has 0 aliphatic carbocycles. The predicted octanol–water partition coefficient (Wildman–Crippen LogP) is 0.772. The number of carbonyl (C=O) groups is 1. The Labute approximate surface area is 92.6 Å². The number of aromatic amines is 1. The van der Waals surface area contributed by atoms with Gasteiger partial charge < -0.3 is 4.90 Å². The Morgan fingerprint density at radius 2 is 2.47 bits per heavy atom. The van der Waals surface area contributed by atoms with E-state index in [4.69, 9.17) is 0 Å². The Morgan fingerprint density at radius 1 is 1.67 bits per heavy atom. The van der Waals surface area contributed by atoms with Crippen LogP contribution in [-0.4, -0.2) is 49.8 Å². The molecular formula is C9H14N4OS. The predicted molar refractivity (Wildman–Crippen MR) is 58.8 cm³/mol. The van der Waals surface area contributed by atoms with Crippen LogP contribution in [0, 0.1) is 0 Å². The average molecular weight is 226 g/mol. The molecule has 0 unspecified atom stereocenters. The summed E-state index contributed by atoms with van der Waals surface area (Å²) in [6.07, 6.45) is 1.47. The standard InChI is InChI=1S/C9H14N4OS/c1-9(2)6-13(3-4-15-9)8(14)7-5-10-12-11-7/h5H,3-4,6H2,1-2H3,(H,10,11,12). The van der Waals surface area contributed by atoms with Gasteiger partial charge in [0.05, 0.1) is 6.20 Å². The lowest BCUT2D eigenvalue weighted by Crippen LogP contribution is -2.46. The first kappa shape index (κ1) is 10.5. The number of thioether (sulfide) groups is 1. The fourth-order valence-electron chi connectivity index (χ4n) is 1.66. The number of amides is 1. The first-order valence-corrected chi connectivity index (χ1v) is 5.86. The van der Waals surface area contributed by atoms with Gasteiger partial charge in [0.2, 0.25) is 0 Å². The highest BCUT2D eigenvalue weighted by atomic mass is 32.2. The van der Waals surface area contributed by atoms with Crippen molar-refractivity contribution in [3.05, 3.63) is 11.9 Å². The number of hydrogen-bond acceptors (Lipinski definition) is 4. The average Bonchev–Trinajstić information content (AvgIpc) is 2.67. The molecule has 1 aromatic heterocycles. The summed E-state index contributed by atoms with van der Waals surface area (Å²) in [5, 5.41) is 9.91. The Hall–Kier alpha value is -1.04. The molecule has 1 aliphatic heterocycles. The lowest BCUT2D eigenvalue weighted by Gasteiger charge is -2.37. The van der Waals surface area contributed by atoms with Crippen molar-refractivity contribution in [2.45, 2.75) is 18.6 Å². The molecule has 0 spiro atoms. The molecule has 0 radical (unpaired) electrons. The number of rotatable bonds is 1. The van der Waals surface area contributed by atoms with Gasteiger partial charge in [0.1, 0.15) is 0 Å². The van der Waals surface area contributed by atoms with E-state index in [1.54, 1.807) is 0 Å². The van der Waals surface area contributed by atoms with Crippen molar-refractivity contribution < 1.29 is 4.79 Å². The first-order valence-electron chi connectivity index (χ1n) is 4.87. The quantitative estimate of drug-likeness (QED) is 0.768. The van der Waals surface area contributed by atoms with E-state index in [2.05, 4.69) is 29.3 Å². The molecular weight excluding hydrogens is 212 g/mol. The molecule has 0 aromatic carbocycles. The minimum Gasteiger partial charge on any atom is -0.335 e. The normalized spacial score (nSPS) is 20.3. The minimum absolute atomic E-state index is 0.0304. The molecule has 1 amide bonds. The second-order valence-electron chi connectivity index (χ2n) is 4.19. The van der Waals surface area contributed by atoms with Crippen LogP contribution in [0.25, 0.3) is 0 Å². The fraction of sp³-hybridized carbons (Fsp3) is 0.667. The first-order chi connectivity index (χ1) is 7.08. The summed E-state index contributed by atoms with van der Waals surface area (Å²) in [6.45, 7) is 5.86. The van der Waals surface area contributed by atoms with E-state index >= 15 is 0 Å². The Kier molecular flexibility index (Phi) is 2.68. The maximum absolute atomic E-state index is 11.9.